The summed E-state index contributed by atoms with van der Waals surface area (Å²) < 4.78 is 12.4. The van der Waals surface area contributed by atoms with E-state index in [-0.39, 0.29) is 4.83 Å². The summed E-state index contributed by atoms with van der Waals surface area (Å²) in [4.78, 5) is -0.0683. The standard InChI is InChI=1S/C5H9BrClF/c1-4(6)5(8)2-3-7/h4-5H,2-3H2,1H3. The third kappa shape index (κ3) is 3.67. The van der Waals surface area contributed by atoms with Crippen LogP contribution in [0.4, 0.5) is 4.39 Å². The molecule has 0 aliphatic heterocycles. The topological polar surface area (TPSA) is 0 Å². The molecule has 2 unspecified atom stereocenters. The molecule has 0 radical (unpaired) electrons. The van der Waals surface area contributed by atoms with Crippen LogP contribution in [0.1, 0.15) is 13.3 Å². The van der Waals surface area contributed by atoms with Crippen LogP contribution in [0.25, 0.3) is 0 Å². The molecule has 0 spiro atoms. The van der Waals surface area contributed by atoms with Crippen molar-refractivity contribution in [2.24, 2.45) is 0 Å². The Morgan fingerprint density at radius 3 is 2.38 bits per heavy atom. The first-order chi connectivity index (χ1) is 3.68. The SMILES string of the molecule is CC(Br)C(F)CCCl. The van der Waals surface area contributed by atoms with Gasteiger partial charge in [0.15, 0.2) is 0 Å². The molecule has 0 amide bonds. The predicted molar refractivity (Wildman–Crippen MR) is 38.6 cm³/mol. The second kappa shape index (κ2) is 4.57. The Hall–Kier alpha value is 0.700. The number of hydrogen-bond donors (Lipinski definition) is 0. The van der Waals surface area contributed by atoms with E-state index >= 15 is 0 Å². The Labute approximate surface area is 62.5 Å². The van der Waals surface area contributed by atoms with Crippen molar-refractivity contribution < 1.29 is 4.39 Å². The molecule has 50 valence electrons. The minimum atomic E-state index is -0.799. The third-order valence-corrected chi connectivity index (χ3v) is 1.68. The third-order valence-electron chi connectivity index (χ3n) is 0.883. The van der Waals surface area contributed by atoms with Crippen LogP contribution in [-0.2, 0) is 0 Å². The van der Waals surface area contributed by atoms with Gasteiger partial charge in [-0.05, 0) is 13.3 Å². The van der Waals surface area contributed by atoms with E-state index in [1.165, 1.54) is 0 Å². The summed E-state index contributed by atoms with van der Waals surface area (Å²) in [6.07, 6.45) is -0.360. The van der Waals surface area contributed by atoms with Crippen LogP contribution in [-0.4, -0.2) is 16.9 Å². The average Bonchev–Trinajstić information content (AvgIpc) is 1.67. The first kappa shape index (κ1) is 8.70. The van der Waals surface area contributed by atoms with E-state index in [1.54, 1.807) is 6.92 Å². The highest BCUT2D eigenvalue weighted by Gasteiger charge is 2.10. The number of halogens is 3. The van der Waals surface area contributed by atoms with Crippen LogP contribution in [0.15, 0.2) is 0 Å². The molecule has 0 aliphatic carbocycles. The summed E-state index contributed by atoms with van der Waals surface area (Å²) in [6.45, 7) is 1.78. The van der Waals surface area contributed by atoms with Gasteiger partial charge in [0.05, 0.1) is 0 Å². The van der Waals surface area contributed by atoms with E-state index in [9.17, 15) is 4.39 Å². The van der Waals surface area contributed by atoms with Gasteiger partial charge in [-0.25, -0.2) is 4.39 Å². The second-order valence-corrected chi connectivity index (χ2v) is 3.49. The first-order valence-corrected chi connectivity index (χ1v) is 3.97. The molecule has 0 saturated heterocycles. The summed E-state index contributed by atoms with van der Waals surface area (Å²) in [6, 6.07) is 0. The van der Waals surface area contributed by atoms with Crippen LogP contribution in [0.5, 0.6) is 0 Å². The first-order valence-electron chi connectivity index (χ1n) is 2.52. The van der Waals surface area contributed by atoms with Gasteiger partial charge >= 0.3 is 0 Å². The maximum atomic E-state index is 12.4. The van der Waals surface area contributed by atoms with Crippen LogP contribution in [0, 0.1) is 0 Å². The quantitative estimate of drug-likeness (QED) is 0.619. The molecule has 0 aliphatic rings. The predicted octanol–water partition coefficient (Wildman–Crippen LogP) is 2.74. The summed E-state index contributed by atoms with van der Waals surface area (Å²) in [5.74, 6) is 0.400. The van der Waals surface area contributed by atoms with Gasteiger partial charge in [-0.2, -0.15) is 0 Å². The Morgan fingerprint density at radius 2 is 2.25 bits per heavy atom. The molecule has 0 bridgehead atoms. The summed E-state index contributed by atoms with van der Waals surface area (Å²) >= 11 is 8.39. The number of alkyl halides is 3. The number of rotatable bonds is 3. The Kier molecular flexibility index (Phi) is 4.97. The van der Waals surface area contributed by atoms with E-state index in [4.69, 9.17) is 11.6 Å². The molecule has 0 nitrogen and oxygen atoms in total. The molecule has 0 aromatic rings. The lowest BCUT2D eigenvalue weighted by molar-refractivity contribution is 0.327. The minimum Gasteiger partial charge on any atom is -0.246 e. The van der Waals surface area contributed by atoms with E-state index in [0.717, 1.165) is 0 Å². The molecular formula is C5H9BrClF. The van der Waals surface area contributed by atoms with Gasteiger partial charge in [0.1, 0.15) is 6.17 Å². The van der Waals surface area contributed by atoms with E-state index in [2.05, 4.69) is 15.9 Å². The monoisotopic (exact) mass is 202 g/mol. The van der Waals surface area contributed by atoms with Crippen molar-refractivity contribution in [3.63, 3.8) is 0 Å². The van der Waals surface area contributed by atoms with Crippen molar-refractivity contribution in [2.45, 2.75) is 24.3 Å². The summed E-state index contributed by atoms with van der Waals surface area (Å²) in [5, 5.41) is 0. The molecule has 3 heteroatoms. The fourth-order valence-corrected chi connectivity index (χ4v) is 0.807. The molecule has 0 aromatic heterocycles. The average molecular weight is 203 g/mol. The fraction of sp³-hybridized carbons (Fsp3) is 1.00. The fourth-order valence-electron chi connectivity index (χ4n) is 0.334. The molecule has 0 N–H and O–H groups in total. The molecular weight excluding hydrogens is 194 g/mol. The van der Waals surface area contributed by atoms with Gasteiger partial charge in [0.2, 0.25) is 0 Å². The van der Waals surface area contributed by atoms with Crippen molar-refractivity contribution in [1.82, 2.24) is 0 Å². The van der Waals surface area contributed by atoms with Crippen molar-refractivity contribution >= 4 is 27.5 Å². The van der Waals surface area contributed by atoms with Crippen LogP contribution in [0.2, 0.25) is 0 Å². The maximum absolute atomic E-state index is 12.4. The molecule has 8 heavy (non-hydrogen) atoms. The zero-order valence-corrected chi connectivity index (χ0v) is 7.04. The number of hydrogen-bond acceptors (Lipinski definition) is 0. The lowest BCUT2D eigenvalue weighted by atomic mass is 10.2. The Morgan fingerprint density at radius 1 is 1.75 bits per heavy atom. The highest BCUT2D eigenvalue weighted by atomic mass is 79.9. The molecule has 0 saturated carbocycles. The van der Waals surface area contributed by atoms with Crippen LogP contribution < -0.4 is 0 Å². The van der Waals surface area contributed by atoms with Gasteiger partial charge in [-0.1, -0.05) is 15.9 Å². The van der Waals surface area contributed by atoms with Crippen molar-refractivity contribution in [3.8, 4) is 0 Å². The van der Waals surface area contributed by atoms with Crippen molar-refractivity contribution in [3.05, 3.63) is 0 Å². The van der Waals surface area contributed by atoms with Gasteiger partial charge < -0.3 is 0 Å². The van der Waals surface area contributed by atoms with Crippen molar-refractivity contribution in [2.75, 3.05) is 5.88 Å². The Balaban J connectivity index is 3.17. The normalized spacial score (nSPS) is 18.0. The van der Waals surface area contributed by atoms with Crippen LogP contribution >= 0.6 is 27.5 Å². The lowest BCUT2D eigenvalue weighted by Crippen LogP contribution is -2.11. The molecule has 0 heterocycles. The highest BCUT2D eigenvalue weighted by molar-refractivity contribution is 9.09. The summed E-state index contributed by atoms with van der Waals surface area (Å²) in [5.41, 5.74) is 0. The molecule has 0 rings (SSSR count). The van der Waals surface area contributed by atoms with Gasteiger partial charge in [0.25, 0.3) is 0 Å². The van der Waals surface area contributed by atoms with Gasteiger partial charge in [-0.3, -0.25) is 0 Å². The lowest BCUT2D eigenvalue weighted by Gasteiger charge is -2.06. The minimum absolute atomic E-state index is 0.0683. The Bertz CT molecular complexity index is 58.4. The summed E-state index contributed by atoms with van der Waals surface area (Å²) in [7, 11) is 0. The molecule has 2 atom stereocenters. The maximum Gasteiger partial charge on any atom is 0.113 e. The molecule has 0 fully saturated rings. The zero-order valence-electron chi connectivity index (χ0n) is 4.70. The van der Waals surface area contributed by atoms with Gasteiger partial charge in [0, 0.05) is 10.7 Å². The van der Waals surface area contributed by atoms with Crippen molar-refractivity contribution in [1.29, 1.82) is 0 Å². The zero-order chi connectivity index (χ0) is 6.57. The smallest absolute Gasteiger partial charge is 0.113 e. The van der Waals surface area contributed by atoms with E-state index < -0.39 is 6.17 Å². The highest BCUT2D eigenvalue weighted by Crippen LogP contribution is 2.12. The van der Waals surface area contributed by atoms with E-state index in [1.807, 2.05) is 0 Å². The van der Waals surface area contributed by atoms with Gasteiger partial charge in [-0.15, -0.1) is 11.6 Å². The second-order valence-electron chi connectivity index (χ2n) is 1.67. The van der Waals surface area contributed by atoms with Crippen LogP contribution in [0.3, 0.4) is 0 Å². The largest absolute Gasteiger partial charge is 0.246 e. The van der Waals surface area contributed by atoms with E-state index in [0.29, 0.717) is 12.3 Å². The molecule has 0 aromatic carbocycles.